The molecule has 0 amide bonds. The second kappa shape index (κ2) is 9.92. The van der Waals surface area contributed by atoms with Crippen LogP contribution in [0, 0.1) is 0 Å². The van der Waals surface area contributed by atoms with Gasteiger partial charge in [0.15, 0.2) is 0 Å². The molecule has 0 atom stereocenters. The summed E-state index contributed by atoms with van der Waals surface area (Å²) in [7, 11) is 2.12. The molecule has 1 rings (SSSR count). The SMILES string of the molecule is CN(CCNCCCCCCO)c1ccccc1. The van der Waals surface area contributed by atoms with Crippen LogP contribution in [0.15, 0.2) is 30.3 Å². The van der Waals surface area contributed by atoms with Crippen molar-refractivity contribution in [2.24, 2.45) is 0 Å². The lowest BCUT2D eigenvalue weighted by atomic mass is 10.2. The van der Waals surface area contributed by atoms with Gasteiger partial charge in [-0.15, -0.1) is 0 Å². The van der Waals surface area contributed by atoms with Crippen LogP contribution < -0.4 is 10.2 Å². The van der Waals surface area contributed by atoms with Gasteiger partial charge in [0, 0.05) is 32.4 Å². The van der Waals surface area contributed by atoms with Crippen LogP contribution in [0.5, 0.6) is 0 Å². The number of hydrogen-bond acceptors (Lipinski definition) is 3. The van der Waals surface area contributed by atoms with Crippen LogP contribution in [-0.4, -0.2) is 38.4 Å². The van der Waals surface area contributed by atoms with Gasteiger partial charge >= 0.3 is 0 Å². The normalized spacial score (nSPS) is 10.6. The Kier molecular flexibility index (Phi) is 8.26. The Morgan fingerprint density at radius 1 is 1.00 bits per heavy atom. The highest BCUT2D eigenvalue weighted by Gasteiger charge is 1.98. The molecule has 1 aromatic carbocycles. The van der Waals surface area contributed by atoms with Crippen molar-refractivity contribution < 1.29 is 5.11 Å². The van der Waals surface area contributed by atoms with Crippen LogP contribution in [-0.2, 0) is 0 Å². The van der Waals surface area contributed by atoms with Gasteiger partial charge in [0.25, 0.3) is 0 Å². The van der Waals surface area contributed by atoms with Gasteiger partial charge in [0.1, 0.15) is 0 Å². The fraction of sp³-hybridized carbons (Fsp3) is 0.600. The van der Waals surface area contributed by atoms with E-state index in [0.717, 1.165) is 32.5 Å². The molecule has 0 saturated heterocycles. The molecule has 102 valence electrons. The first kappa shape index (κ1) is 15.0. The summed E-state index contributed by atoms with van der Waals surface area (Å²) >= 11 is 0. The molecule has 0 aromatic heterocycles. The average Bonchev–Trinajstić information content (AvgIpc) is 2.42. The van der Waals surface area contributed by atoms with Crippen LogP contribution in [0.3, 0.4) is 0 Å². The lowest BCUT2D eigenvalue weighted by Crippen LogP contribution is -2.29. The summed E-state index contributed by atoms with van der Waals surface area (Å²) in [5.41, 5.74) is 1.27. The molecule has 0 fully saturated rings. The highest BCUT2D eigenvalue weighted by molar-refractivity contribution is 5.44. The predicted octanol–water partition coefficient (Wildman–Crippen LogP) is 2.27. The van der Waals surface area contributed by atoms with Gasteiger partial charge < -0.3 is 15.3 Å². The van der Waals surface area contributed by atoms with Crippen molar-refractivity contribution in [1.82, 2.24) is 5.32 Å². The Labute approximate surface area is 111 Å². The molecular formula is C15H26N2O. The van der Waals surface area contributed by atoms with E-state index in [1.807, 2.05) is 6.07 Å². The van der Waals surface area contributed by atoms with Gasteiger partial charge in [-0.1, -0.05) is 31.0 Å². The van der Waals surface area contributed by atoms with Crippen molar-refractivity contribution in [2.45, 2.75) is 25.7 Å². The van der Waals surface area contributed by atoms with E-state index in [1.165, 1.54) is 18.5 Å². The standard InChI is InChI=1S/C15H26N2O/c1-17(15-9-5-4-6-10-15)13-12-16-11-7-2-3-8-14-18/h4-6,9-10,16,18H,2-3,7-8,11-14H2,1H3. The van der Waals surface area contributed by atoms with Crippen LogP contribution in [0.4, 0.5) is 5.69 Å². The first-order valence-electron chi connectivity index (χ1n) is 6.92. The largest absolute Gasteiger partial charge is 0.396 e. The Bertz CT molecular complexity index is 290. The van der Waals surface area contributed by atoms with Crippen LogP contribution in [0.1, 0.15) is 25.7 Å². The molecule has 3 nitrogen and oxygen atoms in total. The number of rotatable bonds is 10. The summed E-state index contributed by atoms with van der Waals surface area (Å²) in [6.07, 6.45) is 4.50. The number of aliphatic hydroxyl groups is 1. The minimum absolute atomic E-state index is 0.329. The van der Waals surface area contributed by atoms with Crippen molar-refractivity contribution in [3.8, 4) is 0 Å². The third-order valence-electron chi connectivity index (χ3n) is 3.08. The van der Waals surface area contributed by atoms with Crippen molar-refractivity contribution in [1.29, 1.82) is 0 Å². The first-order chi connectivity index (χ1) is 8.84. The topological polar surface area (TPSA) is 35.5 Å². The summed E-state index contributed by atoms with van der Waals surface area (Å²) in [4.78, 5) is 2.26. The third-order valence-corrected chi connectivity index (χ3v) is 3.08. The fourth-order valence-corrected chi connectivity index (χ4v) is 1.90. The van der Waals surface area contributed by atoms with E-state index in [-0.39, 0.29) is 0 Å². The van der Waals surface area contributed by atoms with Crippen LogP contribution >= 0.6 is 0 Å². The second-order valence-corrected chi connectivity index (χ2v) is 4.64. The van der Waals surface area contributed by atoms with Crippen molar-refractivity contribution >= 4 is 5.69 Å². The third kappa shape index (κ3) is 6.62. The van der Waals surface area contributed by atoms with Gasteiger partial charge in [-0.05, 0) is 31.5 Å². The van der Waals surface area contributed by atoms with Crippen molar-refractivity contribution in [3.63, 3.8) is 0 Å². The lowest BCUT2D eigenvalue weighted by Gasteiger charge is -2.19. The number of benzene rings is 1. The first-order valence-corrected chi connectivity index (χ1v) is 6.92. The molecule has 1 aromatic rings. The lowest BCUT2D eigenvalue weighted by molar-refractivity contribution is 0.282. The minimum atomic E-state index is 0.329. The van der Waals surface area contributed by atoms with Gasteiger partial charge in [-0.25, -0.2) is 0 Å². The molecule has 0 bridgehead atoms. The molecule has 0 radical (unpaired) electrons. The summed E-state index contributed by atoms with van der Waals surface area (Å²) in [5, 5.41) is 12.1. The van der Waals surface area contributed by atoms with E-state index in [2.05, 4.69) is 41.5 Å². The summed E-state index contributed by atoms with van der Waals surface area (Å²) < 4.78 is 0. The van der Waals surface area contributed by atoms with Crippen molar-refractivity contribution in [2.75, 3.05) is 38.2 Å². The molecule has 0 heterocycles. The van der Waals surface area contributed by atoms with E-state index < -0.39 is 0 Å². The van der Waals surface area contributed by atoms with E-state index >= 15 is 0 Å². The maximum atomic E-state index is 8.66. The molecule has 0 aliphatic carbocycles. The highest BCUT2D eigenvalue weighted by atomic mass is 16.2. The van der Waals surface area contributed by atoms with Crippen LogP contribution in [0.2, 0.25) is 0 Å². The van der Waals surface area contributed by atoms with Crippen molar-refractivity contribution in [3.05, 3.63) is 30.3 Å². The molecule has 0 saturated carbocycles. The Morgan fingerprint density at radius 3 is 2.44 bits per heavy atom. The maximum absolute atomic E-state index is 8.66. The molecule has 18 heavy (non-hydrogen) atoms. The Morgan fingerprint density at radius 2 is 1.72 bits per heavy atom. The number of para-hydroxylation sites is 1. The molecule has 0 aliphatic heterocycles. The van der Waals surface area contributed by atoms with Crippen LogP contribution in [0.25, 0.3) is 0 Å². The molecule has 0 spiro atoms. The molecule has 0 aliphatic rings. The summed E-state index contributed by atoms with van der Waals surface area (Å²) in [6, 6.07) is 10.5. The number of unbranched alkanes of at least 4 members (excludes halogenated alkanes) is 3. The zero-order chi connectivity index (χ0) is 13.1. The Hall–Kier alpha value is -1.06. The second-order valence-electron chi connectivity index (χ2n) is 4.64. The zero-order valence-electron chi connectivity index (χ0n) is 11.4. The van der Waals surface area contributed by atoms with Gasteiger partial charge in [0.05, 0.1) is 0 Å². The summed E-state index contributed by atoms with van der Waals surface area (Å²) in [6.45, 7) is 3.45. The van der Waals surface area contributed by atoms with Gasteiger partial charge in [0.2, 0.25) is 0 Å². The quantitative estimate of drug-likeness (QED) is 0.625. The van der Waals surface area contributed by atoms with E-state index in [9.17, 15) is 0 Å². The van der Waals surface area contributed by atoms with Gasteiger partial charge in [-0.2, -0.15) is 0 Å². The minimum Gasteiger partial charge on any atom is -0.396 e. The van der Waals surface area contributed by atoms with E-state index in [4.69, 9.17) is 5.11 Å². The fourth-order valence-electron chi connectivity index (χ4n) is 1.90. The highest BCUT2D eigenvalue weighted by Crippen LogP contribution is 2.09. The molecular weight excluding hydrogens is 224 g/mol. The maximum Gasteiger partial charge on any atom is 0.0431 e. The van der Waals surface area contributed by atoms with E-state index in [1.54, 1.807) is 0 Å². The zero-order valence-corrected chi connectivity index (χ0v) is 11.4. The monoisotopic (exact) mass is 250 g/mol. The number of likely N-dealkylation sites (N-methyl/N-ethyl adjacent to an activating group) is 1. The molecule has 2 N–H and O–H groups in total. The number of anilines is 1. The molecule has 0 unspecified atom stereocenters. The number of nitrogens with one attached hydrogen (secondary N) is 1. The Balaban J connectivity index is 1.98. The average molecular weight is 250 g/mol. The number of nitrogens with zero attached hydrogens (tertiary/aromatic N) is 1. The number of aliphatic hydroxyl groups excluding tert-OH is 1. The predicted molar refractivity (Wildman–Crippen MR) is 78.1 cm³/mol. The number of hydrogen-bond donors (Lipinski definition) is 2. The van der Waals surface area contributed by atoms with E-state index in [0.29, 0.717) is 6.61 Å². The molecule has 3 heteroatoms. The summed E-state index contributed by atoms with van der Waals surface area (Å²) in [5.74, 6) is 0. The van der Waals surface area contributed by atoms with Gasteiger partial charge in [-0.3, -0.25) is 0 Å². The smallest absolute Gasteiger partial charge is 0.0431 e.